The summed E-state index contributed by atoms with van der Waals surface area (Å²) in [4.78, 5) is 5.93. The number of hydrogen-bond donors (Lipinski definition) is 0. The van der Waals surface area contributed by atoms with Gasteiger partial charge in [0.05, 0.1) is 19.5 Å². The maximum atomic E-state index is 5.93. The second-order valence-electron chi connectivity index (χ2n) is 7.09. The fourth-order valence-corrected chi connectivity index (χ4v) is 4.23. The van der Waals surface area contributed by atoms with E-state index in [1.165, 1.54) is 31.5 Å². The van der Waals surface area contributed by atoms with Crippen LogP contribution in [-0.2, 0) is 16.2 Å². The molecule has 21 heavy (non-hydrogen) atoms. The molecule has 1 spiro atoms. The maximum Gasteiger partial charge on any atom is 0.373 e. The SMILES string of the molecule is B[N+]12CCC(CC1)C1(CC(OCc3ccccc3)=NO1)C2. The van der Waals surface area contributed by atoms with Gasteiger partial charge in [0, 0.05) is 18.8 Å². The summed E-state index contributed by atoms with van der Waals surface area (Å²) in [6.45, 7) is 4.24. The van der Waals surface area contributed by atoms with Crippen LogP contribution in [-0.4, -0.2) is 43.5 Å². The molecule has 2 bridgehead atoms. The average Bonchev–Trinajstić information content (AvgIpc) is 2.89. The average molecular weight is 285 g/mol. The summed E-state index contributed by atoms with van der Waals surface area (Å²) >= 11 is 0. The normalized spacial score (nSPS) is 37.3. The van der Waals surface area contributed by atoms with Crippen molar-refractivity contribution in [2.45, 2.75) is 31.5 Å². The van der Waals surface area contributed by atoms with E-state index in [0.717, 1.165) is 23.3 Å². The standard InChI is InChI=1S/C16H22BN2O2/c17-19-8-6-14(7-9-19)16(12-19)10-15(18-21-16)20-11-13-4-2-1-3-5-13/h1-5,14H,6-12,17H2/q+1. The molecule has 0 aromatic heterocycles. The van der Waals surface area contributed by atoms with Crippen LogP contribution in [0.25, 0.3) is 0 Å². The quantitative estimate of drug-likeness (QED) is 0.770. The van der Waals surface area contributed by atoms with Gasteiger partial charge in [0.15, 0.2) is 5.60 Å². The number of nitrogens with zero attached hydrogens (tertiary/aromatic N) is 2. The van der Waals surface area contributed by atoms with Gasteiger partial charge >= 0.3 is 7.98 Å². The smallest absolute Gasteiger partial charge is 0.373 e. The highest BCUT2D eigenvalue weighted by Gasteiger charge is 2.58. The highest BCUT2D eigenvalue weighted by Crippen LogP contribution is 2.45. The van der Waals surface area contributed by atoms with Crippen LogP contribution in [0, 0.1) is 5.92 Å². The molecule has 5 heteroatoms. The lowest BCUT2D eigenvalue weighted by atomic mass is 9.70. The first-order valence-corrected chi connectivity index (χ1v) is 7.93. The first kappa shape index (κ1) is 13.2. The molecule has 0 saturated carbocycles. The molecule has 5 rings (SSSR count). The van der Waals surface area contributed by atoms with E-state index in [0.29, 0.717) is 12.5 Å². The van der Waals surface area contributed by atoms with Crippen LogP contribution in [0.4, 0.5) is 0 Å². The molecule has 0 radical (unpaired) electrons. The van der Waals surface area contributed by atoms with Gasteiger partial charge in [-0.3, -0.25) is 0 Å². The largest absolute Gasteiger partial charge is 0.474 e. The number of rotatable bonds is 2. The summed E-state index contributed by atoms with van der Waals surface area (Å²) in [5, 5.41) is 4.26. The van der Waals surface area contributed by atoms with Crippen LogP contribution in [0.3, 0.4) is 0 Å². The highest BCUT2D eigenvalue weighted by atomic mass is 16.7. The van der Waals surface area contributed by atoms with Gasteiger partial charge in [-0.15, -0.1) is 0 Å². The molecule has 1 unspecified atom stereocenters. The third-order valence-corrected chi connectivity index (χ3v) is 5.46. The molecule has 1 atom stereocenters. The van der Waals surface area contributed by atoms with Crippen LogP contribution in [0.2, 0.25) is 0 Å². The lowest BCUT2D eigenvalue weighted by molar-refractivity contribution is -0.846. The second kappa shape index (κ2) is 4.77. The lowest BCUT2D eigenvalue weighted by Crippen LogP contribution is -2.68. The first-order valence-electron chi connectivity index (χ1n) is 7.93. The Morgan fingerprint density at radius 2 is 2.05 bits per heavy atom. The van der Waals surface area contributed by atoms with Crippen LogP contribution < -0.4 is 0 Å². The molecular weight excluding hydrogens is 263 g/mol. The first-order chi connectivity index (χ1) is 10.2. The Balaban J connectivity index is 1.40. The molecular formula is C16H22BN2O2+. The number of fused-ring (bicyclic) bond motifs is 2. The third-order valence-electron chi connectivity index (χ3n) is 5.46. The summed E-state index contributed by atoms with van der Waals surface area (Å²) in [5.41, 5.74) is 1.09. The van der Waals surface area contributed by atoms with Gasteiger partial charge < -0.3 is 14.0 Å². The molecule has 4 aliphatic rings. The Kier molecular flexibility index (Phi) is 3.00. The van der Waals surface area contributed by atoms with Crippen molar-refractivity contribution < 1.29 is 14.0 Å². The van der Waals surface area contributed by atoms with Crippen molar-refractivity contribution in [2.75, 3.05) is 19.6 Å². The van der Waals surface area contributed by atoms with Gasteiger partial charge in [-0.2, -0.15) is 0 Å². The summed E-state index contributed by atoms with van der Waals surface area (Å²) in [6, 6.07) is 10.2. The van der Waals surface area contributed by atoms with Crippen molar-refractivity contribution in [1.29, 1.82) is 0 Å². The molecule has 1 aromatic carbocycles. The molecule has 4 nitrogen and oxygen atoms in total. The van der Waals surface area contributed by atoms with Gasteiger partial charge in [0.1, 0.15) is 13.2 Å². The number of oxime groups is 1. The van der Waals surface area contributed by atoms with Crippen molar-refractivity contribution >= 4 is 13.9 Å². The van der Waals surface area contributed by atoms with Crippen LogP contribution >= 0.6 is 0 Å². The van der Waals surface area contributed by atoms with Crippen molar-refractivity contribution in [3.05, 3.63) is 35.9 Å². The van der Waals surface area contributed by atoms with Gasteiger partial charge in [-0.25, -0.2) is 0 Å². The Morgan fingerprint density at radius 3 is 2.76 bits per heavy atom. The third kappa shape index (κ3) is 2.33. The molecule has 3 saturated heterocycles. The van der Waals surface area contributed by atoms with Crippen molar-refractivity contribution in [1.82, 2.24) is 0 Å². The minimum atomic E-state index is -0.0860. The number of piperidine rings is 3. The van der Waals surface area contributed by atoms with E-state index in [4.69, 9.17) is 9.57 Å². The van der Waals surface area contributed by atoms with E-state index in [9.17, 15) is 0 Å². The Morgan fingerprint density at radius 1 is 1.29 bits per heavy atom. The zero-order valence-electron chi connectivity index (χ0n) is 12.6. The summed E-state index contributed by atoms with van der Waals surface area (Å²) in [5.74, 6) is 1.43. The van der Waals surface area contributed by atoms with Crippen LogP contribution in [0.15, 0.2) is 35.5 Å². The lowest BCUT2D eigenvalue weighted by Gasteiger charge is -2.55. The second-order valence-corrected chi connectivity index (χ2v) is 7.09. The fraction of sp³-hybridized carbons (Fsp3) is 0.562. The molecule has 1 aromatic rings. The number of ether oxygens (including phenoxy) is 1. The van der Waals surface area contributed by atoms with Gasteiger partial charge in [0.25, 0.3) is 0 Å². The van der Waals surface area contributed by atoms with E-state index < -0.39 is 0 Å². The Labute approximate surface area is 126 Å². The minimum Gasteiger partial charge on any atom is -0.474 e. The summed E-state index contributed by atoms with van der Waals surface area (Å²) in [6.07, 6.45) is 3.37. The predicted molar refractivity (Wildman–Crippen MR) is 83.2 cm³/mol. The summed E-state index contributed by atoms with van der Waals surface area (Å²) < 4.78 is 7.01. The van der Waals surface area contributed by atoms with E-state index in [-0.39, 0.29) is 5.60 Å². The van der Waals surface area contributed by atoms with E-state index in [1.807, 2.05) is 18.2 Å². The molecule has 3 fully saturated rings. The molecule has 4 heterocycles. The monoisotopic (exact) mass is 285 g/mol. The minimum absolute atomic E-state index is 0.0860. The molecule has 0 N–H and O–H groups in total. The van der Waals surface area contributed by atoms with Gasteiger partial charge in [-0.1, -0.05) is 35.5 Å². The van der Waals surface area contributed by atoms with Crippen molar-refractivity contribution in [3.63, 3.8) is 0 Å². The number of hydrogen-bond acceptors (Lipinski definition) is 3. The van der Waals surface area contributed by atoms with E-state index in [2.05, 4.69) is 25.3 Å². The maximum absolute atomic E-state index is 5.93. The predicted octanol–water partition coefficient (Wildman–Crippen LogP) is 1.46. The Hall–Kier alpha value is -1.49. The highest BCUT2D eigenvalue weighted by molar-refractivity contribution is 5.97. The van der Waals surface area contributed by atoms with Crippen molar-refractivity contribution in [3.8, 4) is 0 Å². The van der Waals surface area contributed by atoms with E-state index >= 15 is 0 Å². The number of quaternary nitrogens is 1. The zero-order chi connectivity index (χ0) is 14.3. The van der Waals surface area contributed by atoms with Gasteiger partial charge in [0.2, 0.25) is 5.90 Å². The fourth-order valence-electron chi connectivity index (χ4n) is 4.23. The summed E-state index contributed by atoms with van der Waals surface area (Å²) in [7, 11) is 2.35. The van der Waals surface area contributed by atoms with Crippen LogP contribution in [0.5, 0.6) is 0 Å². The topological polar surface area (TPSA) is 30.8 Å². The zero-order valence-corrected chi connectivity index (χ0v) is 12.6. The molecule has 0 amide bonds. The van der Waals surface area contributed by atoms with Crippen LogP contribution in [0.1, 0.15) is 24.8 Å². The molecule has 4 aliphatic heterocycles. The molecule has 0 aliphatic carbocycles. The van der Waals surface area contributed by atoms with E-state index in [1.54, 1.807) is 0 Å². The Bertz CT molecular complexity index is 555. The van der Waals surface area contributed by atoms with Gasteiger partial charge in [-0.05, 0) is 5.56 Å². The number of benzene rings is 1. The van der Waals surface area contributed by atoms with Crippen molar-refractivity contribution in [2.24, 2.45) is 11.1 Å². The molecule has 110 valence electrons.